The maximum Gasteiger partial charge on any atom is 0.485 e. The van der Waals surface area contributed by atoms with Crippen molar-refractivity contribution in [1.29, 1.82) is 0 Å². The molecule has 0 aliphatic heterocycles. The number of hydrogen-bond acceptors (Lipinski definition) is 4. The third-order valence-corrected chi connectivity index (χ3v) is 7.01. The summed E-state index contributed by atoms with van der Waals surface area (Å²) in [6.07, 6.45) is 1.26. The molecule has 9 heteroatoms. The summed E-state index contributed by atoms with van der Waals surface area (Å²) in [4.78, 5) is 3.97. The Balaban J connectivity index is 0.000000390. The molecule has 0 amide bonds. The normalized spacial score (nSPS) is 12.6. The van der Waals surface area contributed by atoms with Gasteiger partial charge in [-0.3, -0.25) is 0 Å². The Morgan fingerprint density at radius 3 is 1.56 bits per heavy atom. The SMILES string of the molecule is CCC(C)Oc1ccc([S+](c2ccccc2)c2ccccc2)cc1.O=S(=O)([O-])C(F)(F)F. The van der Waals surface area contributed by atoms with Crippen molar-refractivity contribution in [2.75, 3.05) is 0 Å². The molecule has 0 saturated carbocycles. The number of alkyl halides is 3. The lowest BCUT2D eigenvalue weighted by molar-refractivity contribution is -0.0517. The molecule has 0 saturated heterocycles. The van der Waals surface area contributed by atoms with Gasteiger partial charge in [-0.15, -0.1) is 0 Å². The number of rotatable bonds is 6. The first-order valence-electron chi connectivity index (χ1n) is 9.66. The second-order valence-corrected chi connectivity index (χ2v) is 10.0. The van der Waals surface area contributed by atoms with E-state index in [-0.39, 0.29) is 17.0 Å². The highest BCUT2D eigenvalue weighted by Gasteiger charge is 2.37. The van der Waals surface area contributed by atoms with Gasteiger partial charge in [0.25, 0.3) is 0 Å². The van der Waals surface area contributed by atoms with Crippen LogP contribution in [0.25, 0.3) is 0 Å². The molecule has 4 nitrogen and oxygen atoms in total. The molecule has 3 aromatic rings. The Hall–Kier alpha value is -2.49. The van der Waals surface area contributed by atoms with Gasteiger partial charge in [-0.2, -0.15) is 13.2 Å². The van der Waals surface area contributed by atoms with E-state index >= 15 is 0 Å². The van der Waals surface area contributed by atoms with Crippen LogP contribution in [0.15, 0.2) is 99.6 Å². The highest BCUT2D eigenvalue weighted by atomic mass is 32.2. The van der Waals surface area contributed by atoms with E-state index in [4.69, 9.17) is 17.7 Å². The number of benzene rings is 3. The summed E-state index contributed by atoms with van der Waals surface area (Å²) in [5.74, 6) is 0.942. The van der Waals surface area contributed by atoms with Gasteiger partial charge in [0.05, 0.1) is 17.0 Å². The lowest BCUT2D eigenvalue weighted by Crippen LogP contribution is -2.21. The molecule has 0 N–H and O–H groups in total. The van der Waals surface area contributed by atoms with Crippen LogP contribution < -0.4 is 4.74 Å². The van der Waals surface area contributed by atoms with Crippen molar-refractivity contribution in [3.8, 4) is 5.75 Å². The van der Waals surface area contributed by atoms with Gasteiger partial charge >= 0.3 is 5.51 Å². The molecule has 0 fully saturated rings. The summed E-state index contributed by atoms with van der Waals surface area (Å²) in [5, 5.41) is 0. The van der Waals surface area contributed by atoms with Crippen molar-refractivity contribution in [1.82, 2.24) is 0 Å². The van der Waals surface area contributed by atoms with Crippen LogP contribution in [0.2, 0.25) is 0 Å². The minimum Gasteiger partial charge on any atom is -0.741 e. The first kappa shape index (κ1) is 25.8. The summed E-state index contributed by atoms with van der Waals surface area (Å²) in [6.45, 7) is 4.24. The van der Waals surface area contributed by atoms with E-state index in [2.05, 4.69) is 98.8 Å². The van der Waals surface area contributed by atoms with Gasteiger partial charge in [-0.05, 0) is 61.9 Å². The van der Waals surface area contributed by atoms with Crippen molar-refractivity contribution in [2.24, 2.45) is 0 Å². The predicted octanol–water partition coefficient (Wildman–Crippen LogP) is 6.01. The smallest absolute Gasteiger partial charge is 0.485 e. The van der Waals surface area contributed by atoms with Crippen LogP contribution in [-0.2, 0) is 21.0 Å². The van der Waals surface area contributed by atoms with E-state index in [1.807, 2.05) is 0 Å². The van der Waals surface area contributed by atoms with E-state index in [1.165, 1.54) is 14.7 Å². The third kappa shape index (κ3) is 7.58. The average Bonchev–Trinajstić information content (AvgIpc) is 2.76. The largest absolute Gasteiger partial charge is 0.741 e. The molecule has 3 rings (SSSR count). The third-order valence-electron chi connectivity index (χ3n) is 4.21. The molecule has 0 aliphatic rings. The van der Waals surface area contributed by atoms with Crippen LogP contribution in [0, 0.1) is 0 Å². The summed E-state index contributed by atoms with van der Waals surface area (Å²) in [7, 11) is -6.18. The molecule has 0 aromatic heterocycles. The van der Waals surface area contributed by atoms with Crippen LogP contribution in [-0.4, -0.2) is 24.6 Å². The lowest BCUT2D eigenvalue weighted by Gasteiger charge is -2.13. The fraction of sp³-hybridized carbons (Fsp3) is 0.217. The Bertz CT molecular complexity index is 1020. The molecule has 0 aliphatic carbocycles. The standard InChI is InChI=1S/C22H23OS.CHF3O3S/c1-3-18(2)23-19-14-16-22(17-15-19)24(20-10-6-4-7-11-20)21-12-8-5-9-13-21;2-1(3,4)8(5,6)7/h4-18H,3H2,1-2H3;(H,5,6,7)/q+1;/p-1. The first-order chi connectivity index (χ1) is 15.0. The average molecular weight is 485 g/mol. The van der Waals surface area contributed by atoms with Crippen molar-refractivity contribution < 1.29 is 30.9 Å². The maximum absolute atomic E-state index is 10.7. The minimum atomic E-state index is -6.09. The van der Waals surface area contributed by atoms with Crippen molar-refractivity contribution in [3.05, 3.63) is 84.9 Å². The zero-order valence-electron chi connectivity index (χ0n) is 17.5. The Labute approximate surface area is 189 Å². The van der Waals surface area contributed by atoms with Gasteiger partial charge in [-0.1, -0.05) is 43.3 Å². The summed E-state index contributed by atoms with van der Waals surface area (Å²) < 4.78 is 64.8. The van der Waals surface area contributed by atoms with Crippen LogP contribution in [0.5, 0.6) is 5.75 Å². The molecule has 32 heavy (non-hydrogen) atoms. The molecule has 3 aromatic carbocycles. The van der Waals surface area contributed by atoms with Gasteiger partial charge in [-0.25, -0.2) is 8.42 Å². The molecule has 0 radical (unpaired) electrons. The fourth-order valence-electron chi connectivity index (χ4n) is 2.49. The van der Waals surface area contributed by atoms with Crippen molar-refractivity contribution in [3.63, 3.8) is 0 Å². The van der Waals surface area contributed by atoms with Gasteiger partial charge in [0, 0.05) is 0 Å². The Morgan fingerprint density at radius 1 is 0.844 bits per heavy atom. The zero-order chi connectivity index (χ0) is 23.8. The molecule has 1 unspecified atom stereocenters. The fourth-order valence-corrected chi connectivity index (χ4v) is 4.57. The van der Waals surface area contributed by atoms with E-state index in [9.17, 15) is 13.2 Å². The highest BCUT2D eigenvalue weighted by molar-refractivity contribution is 7.97. The molecule has 0 bridgehead atoms. The molecule has 1 atom stereocenters. The zero-order valence-corrected chi connectivity index (χ0v) is 19.1. The molecule has 0 spiro atoms. The molecular weight excluding hydrogens is 461 g/mol. The maximum atomic E-state index is 10.7. The molecule has 172 valence electrons. The lowest BCUT2D eigenvalue weighted by atomic mass is 10.3. The second-order valence-electron chi connectivity index (χ2n) is 6.64. The number of hydrogen-bond donors (Lipinski definition) is 0. The second kappa shape index (κ2) is 11.4. The van der Waals surface area contributed by atoms with E-state index in [0.717, 1.165) is 12.2 Å². The summed E-state index contributed by atoms with van der Waals surface area (Å²) in [6, 6.07) is 30.0. The van der Waals surface area contributed by atoms with Gasteiger partial charge in [0.2, 0.25) is 0 Å². The number of halogens is 3. The molecule has 0 heterocycles. The minimum absolute atomic E-state index is 0.0929. The Morgan fingerprint density at radius 2 is 1.22 bits per heavy atom. The topological polar surface area (TPSA) is 66.4 Å². The van der Waals surface area contributed by atoms with Gasteiger partial charge in [0.15, 0.2) is 24.8 Å². The van der Waals surface area contributed by atoms with Crippen LogP contribution in [0.1, 0.15) is 20.3 Å². The van der Waals surface area contributed by atoms with E-state index < -0.39 is 15.6 Å². The highest BCUT2D eigenvalue weighted by Crippen LogP contribution is 2.32. The summed E-state index contributed by atoms with van der Waals surface area (Å²) in [5.41, 5.74) is -5.65. The number of ether oxygens (including phenoxy) is 1. The monoisotopic (exact) mass is 484 g/mol. The quantitative estimate of drug-likeness (QED) is 0.244. The van der Waals surface area contributed by atoms with Crippen LogP contribution >= 0.6 is 0 Å². The predicted molar refractivity (Wildman–Crippen MR) is 118 cm³/mol. The van der Waals surface area contributed by atoms with Gasteiger partial charge in [0.1, 0.15) is 5.75 Å². The van der Waals surface area contributed by atoms with Crippen LogP contribution in [0.3, 0.4) is 0 Å². The first-order valence-corrected chi connectivity index (χ1v) is 12.3. The Kier molecular flexibility index (Phi) is 9.18. The summed E-state index contributed by atoms with van der Waals surface area (Å²) >= 11 is 0. The molecular formula is C23H23F3O4S2. The van der Waals surface area contributed by atoms with Crippen LogP contribution in [0.4, 0.5) is 13.2 Å². The van der Waals surface area contributed by atoms with Gasteiger partial charge < -0.3 is 9.29 Å². The van der Waals surface area contributed by atoms with E-state index in [1.54, 1.807) is 0 Å². The van der Waals surface area contributed by atoms with Crippen molar-refractivity contribution >= 4 is 21.0 Å². The van der Waals surface area contributed by atoms with Crippen molar-refractivity contribution in [2.45, 2.75) is 46.6 Å². The van der Waals surface area contributed by atoms with E-state index in [0.29, 0.717) is 0 Å².